The Kier molecular flexibility index (Phi) is 36.4. The van der Waals surface area contributed by atoms with Crippen LogP contribution in [-0.4, -0.2) is 98.9 Å². The van der Waals surface area contributed by atoms with Crippen molar-refractivity contribution >= 4 is 13.8 Å². The highest BCUT2D eigenvalue weighted by Gasteiger charge is 2.51. The lowest BCUT2D eigenvalue weighted by Gasteiger charge is -2.41. The van der Waals surface area contributed by atoms with Crippen LogP contribution in [0.15, 0.2) is 48.6 Å². The van der Waals surface area contributed by atoms with Crippen molar-refractivity contribution in [3.8, 4) is 0 Å². The molecule has 1 aliphatic rings. The molecular weight excluding hydrogens is 799 g/mol. The van der Waals surface area contributed by atoms with Gasteiger partial charge in [0.1, 0.15) is 42.7 Å². The summed E-state index contributed by atoms with van der Waals surface area (Å²) in [5.74, 6) is -0.488. The highest BCUT2D eigenvalue weighted by molar-refractivity contribution is 7.47. The molecule has 0 radical (unpaired) electrons. The zero-order chi connectivity index (χ0) is 44.8. The summed E-state index contributed by atoms with van der Waals surface area (Å²) in [7, 11) is -5.02. The normalized spacial score (nSPS) is 22.6. The second kappa shape index (κ2) is 38.7. The van der Waals surface area contributed by atoms with Gasteiger partial charge >= 0.3 is 13.8 Å². The quantitative estimate of drug-likeness (QED) is 0.0148. The van der Waals surface area contributed by atoms with Gasteiger partial charge in [0.2, 0.25) is 0 Å². The Morgan fingerprint density at radius 1 is 0.525 bits per heavy atom. The summed E-state index contributed by atoms with van der Waals surface area (Å²) in [6.45, 7) is 4.16. The SMILES string of the molecule is CCC/C=C\CCCCCCCCOCC(COP(=O)(O)OC1C(O)C(O)C(O)C(O)C1O)OC(=O)CCCCCCCCCC/C=C\C/C=C\C/C=C\CCCCCCC. The molecule has 0 aromatic heterocycles. The van der Waals surface area contributed by atoms with Gasteiger partial charge in [-0.2, -0.15) is 0 Å². The molecule has 1 aliphatic carbocycles. The molecule has 6 unspecified atom stereocenters. The van der Waals surface area contributed by atoms with Gasteiger partial charge in [-0.1, -0.05) is 159 Å². The molecule has 356 valence electrons. The lowest BCUT2D eigenvalue weighted by molar-refractivity contribution is -0.220. The molecule has 0 aliphatic heterocycles. The van der Waals surface area contributed by atoms with E-state index in [1.165, 1.54) is 77.0 Å². The van der Waals surface area contributed by atoms with E-state index in [0.717, 1.165) is 83.5 Å². The first-order valence-electron chi connectivity index (χ1n) is 24.0. The van der Waals surface area contributed by atoms with Crippen LogP contribution in [0, 0.1) is 0 Å². The standard InChI is InChI=1S/C48H87O12P/c1-3-5-7-9-11-13-15-16-17-18-19-20-21-22-23-24-25-26-27-29-31-33-35-37-42(49)59-41(39-57-38-36-34-32-30-28-14-12-10-8-6-4-2)40-58-61(55,56)60-48-46(53)44(51)43(50)45(52)47(48)54/h8,10,15-16,18-19,21-22,41,43-48,50-54H,3-7,9,11-14,17,20,23-40H2,1-2H3,(H,55,56)/b10-8-,16-15-,19-18-,22-21-. The Morgan fingerprint density at radius 2 is 0.951 bits per heavy atom. The van der Waals surface area contributed by atoms with E-state index < -0.39 is 63.1 Å². The van der Waals surface area contributed by atoms with Crippen molar-refractivity contribution in [2.24, 2.45) is 0 Å². The van der Waals surface area contributed by atoms with Gasteiger partial charge < -0.3 is 39.9 Å². The lowest BCUT2D eigenvalue weighted by atomic mass is 9.85. The number of hydrogen-bond donors (Lipinski definition) is 6. The van der Waals surface area contributed by atoms with Gasteiger partial charge in [-0.05, 0) is 70.6 Å². The Balaban J connectivity index is 2.34. The van der Waals surface area contributed by atoms with Gasteiger partial charge in [0.15, 0.2) is 0 Å². The van der Waals surface area contributed by atoms with Gasteiger partial charge in [0, 0.05) is 13.0 Å². The van der Waals surface area contributed by atoms with Gasteiger partial charge in [-0.15, -0.1) is 0 Å². The number of rotatable bonds is 40. The molecule has 0 aromatic rings. The zero-order valence-corrected chi connectivity index (χ0v) is 38.8. The number of aliphatic hydroxyl groups is 5. The topological polar surface area (TPSA) is 192 Å². The van der Waals surface area contributed by atoms with Crippen LogP contribution in [0.25, 0.3) is 0 Å². The number of esters is 1. The third kappa shape index (κ3) is 30.9. The summed E-state index contributed by atoms with van der Waals surface area (Å²) in [6.07, 6.45) is 34.7. The van der Waals surface area contributed by atoms with E-state index >= 15 is 0 Å². The van der Waals surface area contributed by atoms with Crippen LogP contribution in [0.1, 0.15) is 187 Å². The summed E-state index contributed by atoms with van der Waals surface area (Å²) in [6, 6.07) is 0. The molecule has 13 heteroatoms. The highest BCUT2D eigenvalue weighted by atomic mass is 31.2. The van der Waals surface area contributed by atoms with Crippen LogP contribution < -0.4 is 0 Å². The van der Waals surface area contributed by atoms with E-state index in [2.05, 4.69) is 62.5 Å². The Bertz CT molecular complexity index is 1190. The minimum absolute atomic E-state index is 0.0851. The van der Waals surface area contributed by atoms with E-state index in [0.29, 0.717) is 13.0 Å². The van der Waals surface area contributed by atoms with E-state index in [4.69, 9.17) is 18.5 Å². The fourth-order valence-corrected chi connectivity index (χ4v) is 8.04. The molecule has 0 amide bonds. The van der Waals surface area contributed by atoms with Gasteiger partial charge in [-0.25, -0.2) is 4.57 Å². The maximum atomic E-state index is 12.8. The first kappa shape index (κ1) is 57.3. The number of carbonyl (C=O) groups is 1. The van der Waals surface area contributed by atoms with Crippen molar-refractivity contribution in [3.63, 3.8) is 0 Å². The van der Waals surface area contributed by atoms with Crippen LogP contribution >= 0.6 is 7.82 Å². The molecule has 12 nitrogen and oxygen atoms in total. The van der Waals surface area contributed by atoms with Crippen molar-refractivity contribution < 1.29 is 58.3 Å². The molecule has 1 saturated carbocycles. The van der Waals surface area contributed by atoms with Crippen molar-refractivity contribution in [3.05, 3.63) is 48.6 Å². The maximum absolute atomic E-state index is 12.8. The fraction of sp³-hybridized carbons (Fsp3) is 0.812. The summed E-state index contributed by atoms with van der Waals surface area (Å²) in [5.41, 5.74) is 0. The van der Waals surface area contributed by atoms with Crippen molar-refractivity contribution in [1.82, 2.24) is 0 Å². The molecule has 0 aromatic carbocycles. The number of allylic oxidation sites excluding steroid dienone is 8. The van der Waals surface area contributed by atoms with Crippen molar-refractivity contribution in [2.75, 3.05) is 19.8 Å². The molecule has 0 spiro atoms. The summed E-state index contributed by atoms with van der Waals surface area (Å²) >= 11 is 0. The summed E-state index contributed by atoms with van der Waals surface area (Å²) in [4.78, 5) is 23.2. The summed E-state index contributed by atoms with van der Waals surface area (Å²) < 4.78 is 34.1. The smallest absolute Gasteiger partial charge is 0.457 e. The second-order valence-corrected chi connectivity index (χ2v) is 18.0. The lowest BCUT2D eigenvalue weighted by Crippen LogP contribution is -2.64. The molecule has 1 fully saturated rings. The number of phosphoric acid groups is 1. The Hall–Kier alpha value is -1.70. The Labute approximate surface area is 369 Å². The number of hydrogen-bond acceptors (Lipinski definition) is 11. The molecule has 0 bridgehead atoms. The largest absolute Gasteiger partial charge is 0.472 e. The number of ether oxygens (including phenoxy) is 2. The number of unbranched alkanes of at least 4 members (excludes halogenated alkanes) is 20. The third-order valence-electron chi connectivity index (χ3n) is 10.9. The first-order valence-corrected chi connectivity index (χ1v) is 25.5. The van der Waals surface area contributed by atoms with Gasteiger partial charge in [0.25, 0.3) is 0 Å². The van der Waals surface area contributed by atoms with E-state index in [9.17, 15) is 39.8 Å². The molecule has 61 heavy (non-hydrogen) atoms. The fourth-order valence-electron chi connectivity index (χ4n) is 7.07. The van der Waals surface area contributed by atoms with E-state index in [-0.39, 0.29) is 13.0 Å². The van der Waals surface area contributed by atoms with Crippen LogP contribution in [0.4, 0.5) is 0 Å². The van der Waals surface area contributed by atoms with Gasteiger partial charge in [0.05, 0.1) is 13.2 Å². The molecule has 0 heterocycles. The van der Waals surface area contributed by atoms with Gasteiger partial charge in [-0.3, -0.25) is 13.8 Å². The average molecular weight is 887 g/mol. The molecule has 1 rings (SSSR count). The minimum Gasteiger partial charge on any atom is -0.457 e. The number of aliphatic hydroxyl groups excluding tert-OH is 5. The van der Waals surface area contributed by atoms with Crippen LogP contribution in [0.3, 0.4) is 0 Å². The molecule has 0 saturated heterocycles. The third-order valence-corrected chi connectivity index (χ3v) is 11.9. The van der Waals surface area contributed by atoms with Crippen molar-refractivity contribution in [2.45, 2.75) is 230 Å². The Morgan fingerprint density at radius 3 is 1.48 bits per heavy atom. The minimum atomic E-state index is -5.02. The van der Waals surface area contributed by atoms with Crippen LogP contribution in [-0.2, 0) is 27.9 Å². The van der Waals surface area contributed by atoms with Crippen LogP contribution in [0.2, 0.25) is 0 Å². The average Bonchev–Trinajstić information content (AvgIpc) is 3.24. The van der Waals surface area contributed by atoms with E-state index in [1.54, 1.807) is 0 Å². The first-order chi connectivity index (χ1) is 29.5. The van der Waals surface area contributed by atoms with Crippen molar-refractivity contribution in [1.29, 1.82) is 0 Å². The molecule has 6 atom stereocenters. The number of phosphoric ester groups is 1. The van der Waals surface area contributed by atoms with E-state index in [1.807, 2.05) is 0 Å². The predicted octanol–water partition coefficient (Wildman–Crippen LogP) is 10.0. The predicted molar refractivity (Wildman–Crippen MR) is 244 cm³/mol. The summed E-state index contributed by atoms with van der Waals surface area (Å²) in [5, 5.41) is 50.2. The monoisotopic (exact) mass is 887 g/mol. The highest BCUT2D eigenvalue weighted by Crippen LogP contribution is 2.47. The second-order valence-electron chi connectivity index (χ2n) is 16.6. The zero-order valence-electron chi connectivity index (χ0n) is 38.0. The number of carbonyl (C=O) groups excluding carboxylic acids is 1. The molecular formula is C48H87O12P. The molecule has 6 N–H and O–H groups in total. The van der Waals surface area contributed by atoms with Crippen LogP contribution in [0.5, 0.6) is 0 Å². The maximum Gasteiger partial charge on any atom is 0.472 e.